The first-order valence-electron chi connectivity index (χ1n) is 8.15. The lowest BCUT2D eigenvalue weighted by Gasteiger charge is -2.33. The van der Waals surface area contributed by atoms with E-state index in [-0.39, 0.29) is 17.2 Å². The monoisotopic (exact) mass is 362 g/mol. The molecule has 1 fully saturated rings. The number of halogens is 1. The molecule has 1 aromatic heterocycles. The van der Waals surface area contributed by atoms with Crippen LogP contribution in [0, 0.1) is 0 Å². The largest absolute Gasteiger partial charge is 0.359 e. The predicted octanol–water partition coefficient (Wildman–Crippen LogP) is 0.0207. The van der Waals surface area contributed by atoms with E-state index >= 15 is 0 Å². The topological polar surface area (TPSA) is 71.7 Å². The van der Waals surface area contributed by atoms with E-state index in [1.165, 1.54) is 24.1 Å². The number of nitrogens with one attached hydrogen (secondary N) is 2. The maximum Gasteiger partial charge on any atom is 0.276 e. The smallest absolute Gasteiger partial charge is 0.276 e. The van der Waals surface area contributed by atoms with E-state index in [9.17, 15) is 9.59 Å². The molecular weight excluding hydrogens is 342 g/mol. The summed E-state index contributed by atoms with van der Waals surface area (Å²) in [6.45, 7) is 3.90. The van der Waals surface area contributed by atoms with Crippen molar-refractivity contribution in [3.63, 3.8) is 0 Å². The molecule has 2 N–H and O–H groups in total. The molecule has 0 radical (unpaired) electrons. The Kier molecular flexibility index (Phi) is 5.06. The lowest BCUT2D eigenvalue weighted by molar-refractivity contribution is -0.880. The Bertz CT molecular complexity index is 843. The van der Waals surface area contributed by atoms with Gasteiger partial charge in [0, 0.05) is 18.1 Å². The SMILES string of the molecule is Cn1nc(C(=O)Nc2cc(Cl)ccc2N2CC[NH+](C)CC2)ccc1=O. The molecule has 0 saturated carbocycles. The van der Waals surface area contributed by atoms with Gasteiger partial charge in [0.1, 0.15) is 5.69 Å². The highest BCUT2D eigenvalue weighted by atomic mass is 35.5. The van der Waals surface area contributed by atoms with Gasteiger partial charge in [-0.1, -0.05) is 11.6 Å². The minimum absolute atomic E-state index is 0.177. The summed E-state index contributed by atoms with van der Waals surface area (Å²) in [5, 5.41) is 7.41. The van der Waals surface area contributed by atoms with Crippen LogP contribution in [0.1, 0.15) is 10.5 Å². The van der Waals surface area contributed by atoms with E-state index in [0.29, 0.717) is 10.7 Å². The van der Waals surface area contributed by atoms with Crippen molar-refractivity contribution in [3.05, 3.63) is 51.4 Å². The lowest BCUT2D eigenvalue weighted by Crippen LogP contribution is -3.12. The summed E-state index contributed by atoms with van der Waals surface area (Å²) < 4.78 is 1.14. The van der Waals surface area contributed by atoms with Gasteiger partial charge in [0.25, 0.3) is 11.5 Å². The number of likely N-dealkylation sites (N-methyl/N-ethyl adjacent to an activating group) is 1. The van der Waals surface area contributed by atoms with Gasteiger partial charge < -0.3 is 15.1 Å². The number of carbonyl (C=O) groups is 1. The molecule has 0 spiro atoms. The van der Waals surface area contributed by atoms with Gasteiger partial charge in [0.15, 0.2) is 0 Å². The number of quaternary nitrogens is 1. The van der Waals surface area contributed by atoms with Crippen LogP contribution in [0.15, 0.2) is 35.1 Å². The molecule has 0 aliphatic carbocycles. The van der Waals surface area contributed by atoms with Crippen LogP contribution in [0.2, 0.25) is 5.02 Å². The summed E-state index contributed by atoms with van der Waals surface area (Å²) in [4.78, 5) is 27.7. The van der Waals surface area contributed by atoms with E-state index in [0.717, 1.165) is 36.5 Å². The Morgan fingerprint density at radius 3 is 2.64 bits per heavy atom. The molecule has 1 aliphatic heterocycles. The Morgan fingerprint density at radius 1 is 1.24 bits per heavy atom. The minimum Gasteiger partial charge on any atom is -0.359 e. The van der Waals surface area contributed by atoms with Crippen LogP contribution >= 0.6 is 11.6 Å². The Hall–Kier alpha value is -2.38. The molecule has 0 atom stereocenters. The number of aromatic nitrogens is 2. The Balaban J connectivity index is 1.86. The molecule has 3 rings (SSSR count). The number of amides is 1. The first-order valence-corrected chi connectivity index (χ1v) is 8.53. The second-order valence-corrected chi connectivity index (χ2v) is 6.68. The Labute approximate surface area is 150 Å². The minimum atomic E-state index is -0.376. The molecule has 1 aromatic carbocycles. The van der Waals surface area contributed by atoms with Crippen molar-refractivity contribution in [2.45, 2.75) is 0 Å². The van der Waals surface area contributed by atoms with Gasteiger partial charge >= 0.3 is 0 Å². The molecule has 25 heavy (non-hydrogen) atoms. The fourth-order valence-corrected chi connectivity index (χ4v) is 3.00. The summed E-state index contributed by atoms with van der Waals surface area (Å²) in [5.41, 5.74) is 1.50. The van der Waals surface area contributed by atoms with Crippen molar-refractivity contribution < 1.29 is 9.69 Å². The number of rotatable bonds is 3. The van der Waals surface area contributed by atoms with Crippen molar-refractivity contribution in [2.75, 3.05) is 43.4 Å². The fourth-order valence-electron chi connectivity index (χ4n) is 2.82. The third-order valence-electron chi connectivity index (χ3n) is 4.36. The van der Waals surface area contributed by atoms with E-state index in [1.54, 1.807) is 6.07 Å². The normalized spacial score (nSPS) is 15.2. The van der Waals surface area contributed by atoms with Gasteiger partial charge in [0.2, 0.25) is 0 Å². The number of piperazine rings is 1. The second-order valence-electron chi connectivity index (χ2n) is 6.24. The molecule has 132 valence electrons. The number of benzene rings is 1. The van der Waals surface area contributed by atoms with Crippen LogP contribution in [0.5, 0.6) is 0 Å². The van der Waals surface area contributed by atoms with Crippen LogP contribution in [0.25, 0.3) is 0 Å². The molecule has 8 heteroatoms. The van der Waals surface area contributed by atoms with Crippen LogP contribution in [-0.2, 0) is 7.05 Å². The van der Waals surface area contributed by atoms with Crippen LogP contribution < -0.4 is 20.7 Å². The number of nitrogens with zero attached hydrogens (tertiary/aromatic N) is 3. The zero-order valence-corrected chi connectivity index (χ0v) is 15.0. The van der Waals surface area contributed by atoms with Gasteiger partial charge in [-0.2, -0.15) is 5.10 Å². The molecule has 2 heterocycles. The lowest BCUT2D eigenvalue weighted by atomic mass is 10.2. The maximum atomic E-state index is 12.5. The maximum absolute atomic E-state index is 12.5. The molecule has 2 aromatic rings. The van der Waals surface area contributed by atoms with Crippen molar-refractivity contribution in [3.8, 4) is 0 Å². The zero-order chi connectivity index (χ0) is 18.0. The standard InChI is InChI=1S/C17H20ClN5O2/c1-21-7-9-23(10-8-21)15-5-3-12(18)11-14(15)19-17(25)13-4-6-16(24)22(2)20-13/h3-6,11H,7-10H2,1-2H3,(H,19,25)/p+1. The van der Waals surface area contributed by atoms with E-state index in [2.05, 4.69) is 22.4 Å². The number of carbonyl (C=O) groups excluding carboxylic acids is 1. The van der Waals surface area contributed by atoms with E-state index in [4.69, 9.17) is 11.6 Å². The number of hydrogen-bond donors (Lipinski definition) is 2. The number of anilines is 2. The van der Waals surface area contributed by atoms with Crippen molar-refractivity contribution in [1.82, 2.24) is 9.78 Å². The molecule has 7 nitrogen and oxygen atoms in total. The van der Waals surface area contributed by atoms with Crippen molar-refractivity contribution in [2.24, 2.45) is 7.05 Å². The van der Waals surface area contributed by atoms with Gasteiger partial charge in [-0.25, -0.2) is 4.68 Å². The van der Waals surface area contributed by atoms with E-state index in [1.807, 2.05) is 12.1 Å². The first kappa shape index (κ1) is 17.4. The highest BCUT2D eigenvalue weighted by Gasteiger charge is 2.21. The van der Waals surface area contributed by atoms with Crippen molar-refractivity contribution >= 4 is 28.9 Å². The van der Waals surface area contributed by atoms with Crippen LogP contribution in [0.4, 0.5) is 11.4 Å². The highest BCUT2D eigenvalue weighted by Crippen LogP contribution is 2.29. The second kappa shape index (κ2) is 7.25. The fraction of sp³-hybridized carbons (Fsp3) is 0.353. The van der Waals surface area contributed by atoms with Gasteiger partial charge in [-0.3, -0.25) is 9.59 Å². The molecule has 1 saturated heterocycles. The third kappa shape index (κ3) is 4.00. The molecular formula is C17H21ClN5O2+. The van der Waals surface area contributed by atoms with Crippen LogP contribution in [-0.4, -0.2) is 48.9 Å². The Morgan fingerprint density at radius 2 is 1.96 bits per heavy atom. The molecule has 1 amide bonds. The summed E-state index contributed by atoms with van der Waals surface area (Å²) in [7, 11) is 3.68. The van der Waals surface area contributed by atoms with Gasteiger partial charge in [0.05, 0.1) is 44.6 Å². The molecule has 0 bridgehead atoms. The summed E-state index contributed by atoms with van der Waals surface area (Å²) in [6.07, 6.45) is 0. The third-order valence-corrected chi connectivity index (χ3v) is 4.59. The zero-order valence-electron chi connectivity index (χ0n) is 14.3. The summed E-state index contributed by atoms with van der Waals surface area (Å²) in [5.74, 6) is -0.376. The van der Waals surface area contributed by atoms with Crippen molar-refractivity contribution in [1.29, 1.82) is 0 Å². The number of hydrogen-bond acceptors (Lipinski definition) is 4. The number of aryl methyl sites for hydroxylation is 1. The first-order chi connectivity index (χ1) is 11.9. The molecule has 1 aliphatic rings. The molecule has 0 unspecified atom stereocenters. The summed E-state index contributed by atoms with van der Waals surface area (Å²) >= 11 is 6.12. The van der Waals surface area contributed by atoms with Gasteiger partial charge in [-0.15, -0.1) is 0 Å². The average molecular weight is 363 g/mol. The predicted molar refractivity (Wildman–Crippen MR) is 97.7 cm³/mol. The van der Waals surface area contributed by atoms with E-state index < -0.39 is 0 Å². The summed E-state index contributed by atoms with van der Waals surface area (Å²) in [6, 6.07) is 8.22. The average Bonchev–Trinajstić information content (AvgIpc) is 2.58. The highest BCUT2D eigenvalue weighted by molar-refractivity contribution is 6.31. The van der Waals surface area contributed by atoms with Gasteiger partial charge in [-0.05, 0) is 24.3 Å². The quantitative estimate of drug-likeness (QED) is 0.807. The van der Waals surface area contributed by atoms with Crippen LogP contribution in [0.3, 0.4) is 0 Å².